The topological polar surface area (TPSA) is 77.3 Å². The third-order valence-corrected chi connectivity index (χ3v) is 3.62. The Morgan fingerprint density at radius 3 is 2.96 bits per heavy atom. The molecule has 0 bridgehead atoms. The van der Waals surface area contributed by atoms with Gasteiger partial charge in [-0.05, 0) is 25.6 Å². The van der Waals surface area contributed by atoms with Gasteiger partial charge in [-0.2, -0.15) is 0 Å². The third-order valence-electron chi connectivity index (χ3n) is 3.62. The standard InChI is InChI=1S/C20H26N4O/c1-5-7-9-15(3)18-12-11-17(24-20(18)25)14-23-19(22-4)13-16(21)10-8-6-2/h5,7,9,11,19,21,23H,1,4,6,12-14H2,2-3H3,(H,24,25)/b9-7-,18-15+,21-16?. The van der Waals surface area contributed by atoms with E-state index in [4.69, 9.17) is 5.41 Å². The fourth-order valence-corrected chi connectivity index (χ4v) is 2.23. The van der Waals surface area contributed by atoms with Crippen LogP contribution in [-0.2, 0) is 4.79 Å². The van der Waals surface area contributed by atoms with Gasteiger partial charge in [-0.1, -0.05) is 49.6 Å². The maximum absolute atomic E-state index is 12.2. The van der Waals surface area contributed by atoms with Crippen LogP contribution < -0.4 is 10.6 Å². The van der Waals surface area contributed by atoms with Crippen LogP contribution in [0.25, 0.3) is 0 Å². The van der Waals surface area contributed by atoms with E-state index in [9.17, 15) is 4.79 Å². The fraction of sp³-hybridized carbons (Fsp3) is 0.350. The van der Waals surface area contributed by atoms with Crippen molar-refractivity contribution in [3.63, 3.8) is 0 Å². The fourth-order valence-electron chi connectivity index (χ4n) is 2.23. The Bertz CT molecular complexity index is 686. The van der Waals surface area contributed by atoms with E-state index in [1.165, 1.54) is 0 Å². The summed E-state index contributed by atoms with van der Waals surface area (Å²) in [6, 6.07) is 0. The highest BCUT2D eigenvalue weighted by molar-refractivity contribution is 5.98. The Balaban J connectivity index is 2.63. The number of carbonyl (C=O) groups is 1. The lowest BCUT2D eigenvalue weighted by atomic mass is 10.0. The van der Waals surface area contributed by atoms with Gasteiger partial charge < -0.3 is 5.32 Å². The number of nitrogens with one attached hydrogen (secondary N) is 3. The number of amides is 1. The molecule has 25 heavy (non-hydrogen) atoms. The van der Waals surface area contributed by atoms with E-state index in [0.29, 0.717) is 25.1 Å². The summed E-state index contributed by atoms with van der Waals surface area (Å²) < 4.78 is 0. The lowest BCUT2D eigenvalue weighted by Crippen LogP contribution is -2.37. The van der Waals surface area contributed by atoms with Crippen LogP contribution >= 0.6 is 0 Å². The summed E-state index contributed by atoms with van der Waals surface area (Å²) in [6.07, 6.45) is 8.74. The lowest BCUT2D eigenvalue weighted by Gasteiger charge is -2.20. The van der Waals surface area contributed by atoms with Crippen molar-refractivity contribution in [3.05, 3.63) is 47.7 Å². The monoisotopic (exact) mass is 338 g/mol. The molecule has 3 N–H and O–H groups in total. The molecule has 132 valence electrons. The molecule has 1 aliphatic heterocycles. The first kappa shape index (κ1) is 20.3. The van der Waals surface area contributed by atoms with Crippen molar-refractivity contribution in [1.29, 1.82) is 5.41 Å². The Morgan fingerprint density at radius 1 is 1.60 bits per heavy atom. The zero-order valence-corrected chi connectivity index (χ0v) is 15.0. The molecule has 0 aromatic rings. The molecule has 1 heterocycles. The predicted octanol–water partition coefficient (Wildman–Crippen LogP) is 2.89. The highest BCUT2D eigenvalue weighted by atomic mass is 16.1. The molecular weight excluding hydrogens is 312 g/mol. The van der Waals surface area contributed by atoms with Crippen molar-refractivity contribution in [1.82, 2.24) is 10.6 Å². The van der Waals surface area contributed by atoms with Gasteiger partial charge in [-0.3, -0.25) is 20.5 Å². The second-order valence-corrected chi connectivity index (χ2v) is 5.56. The van der Waals surface area contributed by atoms with Crippen LogP contribution in [0.5, 0.6) is 0 Å². The maximum atomic E-state index is 12.2. The first-order valence-electron chi connectivity index (χ1n) is 8.26. The van der Waals surface area contributed by atoms with E-state index < -0.39 is 0 Å². The summed E-state index contributed by atoms with van der Waals surface area (Å²) in [6.45, 7) is 11.5. The average molecular weight is 338 g/mol. The zero-order chi connectivity index (χ0) is 18.7. The van der Waals surface area contributed by atoms with Gasteiger partial charge in [0.15, 0.2) is 0 Å². The maximum Gasteiger partial charge on any atom is 0.251 e. The number of hydrogen-bond acceptors (Lipinski definition) is 4. The normalized spacial score (nSPS) is 17.0. The number of hydrogen-bond donors (Lipinski definition) is 3. The molecule has 0 aromatic heterocycles. The Morgan fingerprint density at radius 2 is 2.36 bits per heavy atom. The summed E-state index contributed by atoms with van der Waals surface area (Å²) in [5.41, 5.74) is 2.79. The van der Waals surface area contributed by atoms with Crippen LogP contribution in [-0.4, -0.2) is 31.0 Å². The second-order valence-electron chi connectivity index (χ2n) is 5.56. The van der Waals surface area contributed by atoms with E-state index >= 15 is 0 Å². The summed E-state index contributed by atoms with van der Waals surface area (Å²) in [5.74, 6) is 5.56. The van der Waals surface area contributed by atoms with E-state index in [1.807, 2.05) is 32.1 Å². The number of carbonyl (C=O) groups excluding carboxylic acids is 1. The predicted molar refractivity (Wildman–Crippen MR) is 105 cm³/mol. The van der Waals surface area contributed by atoms with Crippen LogP contribution in [0.15, 0.2) is 52.7 Å². The van der Waals surface area contributed by atoms with Gasteiger partial charge in [-0.15, -0.1) is 0 Å². The largest absolute Gasteiger partial charge is 0.325 e. The van der Waals surface area contributed by atoms with Gasteiger partial charge in [0, 0.05) is 30.7 Å². The molecule has 1 aliphatic rings. The molecule has 5 heteroatoms. The molecule has 1 unspecified atom stereocenters. The minimum Gasteiger partial charge on any atom is -0.325 e. The summed E-state index contributed by atoms with van der Waals surface area (Å²) in [4.78, 5) is 16.2. The van der Waals surface area contributed by atoms with Gasteiger partial charge in [0.1, 0.15) is 6.17 Å². The van der Waals surface area contributed by atoms with Crippen LogP contribution in [0.1, 0.15) is 33.1 Å². The van der Waals surface area contributed by atoms with Gasteiger partial charge in [0.2, 0.25) is 0 Å². The zero-order valence-electron chi connectivity index (χ0n) is 15.0. The van der Waals surface area contributed by atoms with Gasteiger partial charge in [-0.25, -0.2) is 0 Å². The molecule has 0 aromatic carbocycles. The van der Waals surface area contributed by atoms with Crippen molar-refractivity contribution in [2.75, 3.05) is 6.54 Å². The number of aliphatic imine (C=N–C) groups is 1. The molecule has 1 rings (SSSR count). The first-order valence-corrected chi connectivity index (χ1v) is 8.26. The third kappa shape index (κ3) is 7.15. The van der Waals surface area contributed by atoms with Crippen molar-refractivity contribution in [2.45, 2.75) is 39.3 Å². The van der Waals surface area contributed by atoms with E-state index in [-0.39, 0.29) is 12.1 Å². The Kier molecular flexibility index (Phi) is 8.91. The minimum atomic E-state index is -0.300. The van der Waals surface area contributed by atoms with Crippen LogP contribution in [0, 0.1) is 17.3 Å². The minimum absolute atomic E-state index is 0.0878. The molecule has 0 radical (unpaired) electrons. The van der Waals surface area contributed by atoms with Crippen molar-refractivity contribution in [2.24, 2.45) is 4.99 Å². The smallest absolute Gasteiger partial charge is 0.251 e. The Hall–Kier alpha value is -2.71. The molecule has 0 saturated heterocycles. The van der Waals surface area contributed by atoms with Crippen LogP contribution in [0.2, 0.25) is 0 Å². The number of nitrogens with zero attached hydrogens (tertiary/aromatic N) is 1. The van der Waals surface area contributed by atoms with E-state index in [2.05, 4.69) is 40.8 Å². The van der Waals surface area contributed by atoms with E-state index in [1.54, 1.807) is 6.08 Å². The summed E-state index contributed by atoms with van der Waals surface area (Å²) in [5, 5.41) is 13.9. The van der Waals surface area contributed by atoms with Gasteiger partial charge >= 0.3 is 0 Å². The highest BCUT2D eigenvalue weighted by Crippen LogP contribution is 2.17. The lowest BCUT2D eigenvalue weighted by molar-refractivity contribution is -0.117. The van der Waals surface area contributed by atoms with Crippen LogP contribution in [0.3, 0.4) is 0 Å². The molecule has 0 fully saturated rings. The van der Waals surface area contributed by atoms with Crippen molar-refractivity contribution < 1.29 is 4.79 Å². The summed E-state index contributed by atoms with van der Waals surface area (Å²) in [7, 11) is 0. The van der Waals surface area contributed by atoms with Gasteiger partial charge in [0.05, 0.1) is 5.71 Å². The molecule has 1 amide bonds. The molecule has 1 atom stereocenters. The quantitative estimate of drug-likeness (QED) is 0.275. The van der Waals surface area contributed by atoms with Crippen molar-refractivity contribution >= 4 is 18.3 Å². The van der Waals surface area contributed by atoms with Gasteiger partial charge in [0.25, 0.3) is 5.91 Å². The highest BCUT2D eigenvalue weighted by Gasteiger charge is 2.18. The van der Waals surface area contributed by atoms with Crippen molar-refractivity contribution in [3.8, 4) is 11.8 Å². The molecule has 5 nitrogen and oxygen atoms in total. The second kappa shape index (κ2) is 11.0. The number of rotatable bonds is 8. The molecule has 0 aliphatic carbocycles. The Labute approximate surface area is 150 Å². The van der Waals surface area contributed by atoms with Crippen LogP contribution in [0.4, 0.5) is 0 Å². The summed E-state index contributed by atoms with van der Waals surface area (Å²) >= 11 is 0. The number of allylic oxidation sites excluding steroid dienone is 5. The average Bonchev–Trinajstić information content (AvgIpc) is 2.61. The first-order chi connectivity index (χ1) is 12.0. The molecular formula is C20H26N4O. The molecule has 0 spiro atoms. The molecule has 0 saturated carbocycles. The van der Waals surface area contributed by atoms with E-state index in [0.717, 1.165) is 23.3 Å². The SMILES string of the molecule is C=C/C=C\C(C)=C1/CC=C(CNC(CC(=N)C#CCC)N=C)NC1=O.